The van der Waals surface area contributed by atoms with Gasteiger partial charge in [0.1, 0.15) is 0 Å². The SMILES string of the molecule is CCOC(=O)CC1CSc2nc(O)cc(=O)n21. The molecule has 0 amide bonds. The van der Waals surface area contributed by atoms with Crippen LogP contribution in [-0.2, 0) is 9.53 Å². The Hall–Kier alpha value is -1.50. The van der Waals surface area contributed by atoms with E-state index >= 15 is 0 Å². The predicted octanol–water partition coefficient (Wildman–Crippen LogP) is 0.549. The number of thioether (sulfide) groups is 1. The Morgan fingerprint density at radius 3 is 3.24 bits per heavy atom. The third-order valence-electron chi connectivity index (χ3n) is 2.38. The molecular weight excluding hydrogens is 244 g/mol. The highest BCUT2D eigenvalue weighted by Gasteiger charge is 2.28. The van der Waals surface area contributed by atoms with Gasteiger partial charge in [-0.2, -0.15) is 4.98 Å². The van der Waals surface area contributed by atoms with Crippen molar-refractivity contribution in [2.24, 2.45) is 0 Å². The van der Waals surface area contributed by atoms with E-state index in [1.807, 2.05) is 0 Å². The van der Waals surface area contributed by atoms with Gasteiger partial charge in [0.05, 0.1) is 25.1 Å². The van der Waals surface area contributed by atoms with Gasteiger partial charge in [0.2, 0.25) is 5.88 Å². The molecule has 1 aliphatic heterocycles. The monoisotopic (exact) mass is 256 g/mol. The van der Waals surface area contributed by atoms with Crippen molar-refractivity contribution in [1.82, 2.24) is 9.55 Å². The van der Waals surface area contributed by atoms with Crippen LogP contribution in [0.15, 0.2) is 16.0 Å². The molecule has 92 valence electrons. The van der Waals surface area contributed by atoms with Crippen molar-refractivity contribution in [1.29, 1.82) is 0 Å². The molecule has 1 atom stereocenters. The fraction of sp³-hybridized carbons (Fsp3) is 0.500. The van der Waals surface area contributed by atoms with Crippen LogP contribution in [0.3, 0.4) is 0 Å². The first-order valence-electron chi connectivity index (χ1n) is 5.22. The molecule has 1 aliphatic rings. The maximum atomic E-state index is 11.7. The number of carbonyl (C=O) groups is 1. The minimum Gasteiger partial charge on any atom is -0.493 e. The molecule has 0 fully saturated rings. The summed E-state index contributed by atoms with van der Waals surface area (Å²) in [5.41, 5.74) is -0.341. The van der Waals surface area contributed by atoms with E-state index in [4.69, 9.17) is 4.74 Å². The Bertz CT molecular complexity index is 500. The van der Waals surface area contributed by atoms with Crippen molar-refractivity contribution >= 4 is 17.7 Å². The largest absolute Gasteiger partial charge is 0.493 e. The molecule has 0 aliphatic carbocycles. The van der Waals surface area contributed by atoms with Crippen molar-refractivity contribution in [3.63, 3.8) is 0 Å². The maximum absolute atomic E-state index is 11.7. The molecule has 2 heterocycles. The van der Waals surface area contributed by atoms with Crippen molar-refractivity contribution in [3.8, 4) is 5.88 Å². The molecule has 0 bridgehead atoms. The Labute approximate surface area is 102 Å². The predicted molar refractivity (Wildman–Crippen MR) is 61.2 cm³/mol. The summed E-state index contributed by atoms with van der Waals surface area (Å²) in [5, 5.41) is 9.65. The number of nitrogens with zero attached hydrogens (tertiary/aromatic N) is 2. The number of carbonyl (C=O) groups excluding carboxylic acids is 1. The van der Waals surface area contributed by atoms with Crippen molar-refractivity contribution < 1.29 is 14.6 Å². The van der Waals surface area contributed by atoms with E-state index in [9.17, 15) is 14.7 Å². The number of ether oxygens (including phenoxy) is 1. The molecule has 1 N–H and O–H groups in total. The van der Waals surface area contributed by atoms with Gasteiger partial charge in [-0.15, -0.1) is 0 Å². The Balaban J connectivity index is 2.22. The van der Waals surface area contributed by atoms with Crippen LogP contribution in [0.25, 0.3) is 0 Å². The number of hydrogen-bond acceptors (Lipinski definition) is 6. The van der Waals surface area contributed by atoms with E-state index in [1.165, 1.54) is 16.3 Å². The van der Waals surface area contributed by atoms with Gasteiger partial charge in [-0.1, -0.05) is 11.8 Å². The summed E-state index contributed by atoms with van der Waals surface area (Å²) in [6.45, 7) is 2.06. The molecule has 17 heavy (non-hydrogen) atoms. The van der Waals surface area contributed by atoms with E-state index in [0.717, 1.165) is 6.07 Å². The van der Waals surface area contributed by atoms with Crippen LogP contribution in [-0.4, -0.2) is 33.0 Å². The second-order valence-corrected chi connectivity index (χ2v) is 4.57. The third kappa shape index (κ3) is 2.44. The maximum Gasteiger partial charge on any atom is 0.307 e. The quantitative estimate of drug-likeness (QED) is 0.628. The van der Waals surface area contributed by atoms with Gasteiger partial charge in [-0.05, 0) is 6.92 Å². The number of aromatic nitrogens is 2. The van der Waals surface area contributed by atoms with E-state index in [2.05, 4.69) is 4.98 Å². The van der Waals surface area contributed by atoms with Crippen LogP contribution < -0.4 is 5.56 Å². The lowest BCUT2D eigenvalue weighted by molar-refractivity contribution is -0.143. The normalized spacial score (nSPS) is 17.8. The molecule has 6 nitrogen and oxygen atoms in total. The summed E-state index contributed by atoms with van der Waals surface area (Å²) in [5.74, 6) is -0.0266. The van der Waals surface area contributed by atoms with Crippen LogP contribution in [0.2, 0.25) is 0 Å². The minimum absolute atomic E-state index is 0.153. The molecule has 0 spiro atoms. The van der Waals surface area contributed by atoms with Gasteiger partial charge >= 0.3 is 5.97 Å². The molecule has 7 heteroatoms. The number of rotatable bonds is 3. The molecule has 2 rings (SSSR count). The lowest BCUT2D eigenvalue weighted by atomic mass is 10.2. The Morgan fingerprint density at radius 1 is 1.76 bits per heavy atom. The summed E-state index contributed by atoms with van der Waals surface area (Å²) >= 11 is 1.35. The first-order chi connectivity index (χ1) is 8.11. The smallest absolute Gasteiger partial charge is 0.307 e. The number of fused-ring (bicyclic) bond motifs is 1. The van der Waals surface area contributed by atoms with Gasteiger partial charge in [-0.25, -0.2) is 0 Å². The van der Waals surface area contributed by atoms with Gasteiger partial charge in [-0.3, -0.25) is 14.2 Å². The minimum atomic E-state index is -0.341. The highest BCUT2D eigenvalue weighted by molar-refractivity contribution is 7.99. The van der Waals surface area contributed by atoms with Crippen LogP contribution in [0.4, 0.5) is 0 Å². The van der Waals surface area contributed by atoms with Crippen LogP contribution in [0.1, 0.15) is 19.4 Å². The summed E-state index contributed by atoms with van der Waals surface area (Å²) in [7, 11) is 0. The second-order valence-electron chi connectivity index (χ2n) is 3.58. The highest BCUT2D eigenvalue weighted by atomic mass is 32.2. The van der Waals surface area contributed by atoms with Gasteiger partial charge in [0.25, 0.3) is 5.56 Å². The van der Waals surface area contributed by atoms with Crippen molar-refractivity contribution in [2.75, 3.05) is 12.4 Å². The molecule has 0 saturated carbocycles. The van der Waals surface area contributed by atoms with E-state index in [1.54, 1.807) is 6.92 Å². The van der Waals surface area contributed by atoms with E-state index in [0.29, 0.717) is 17.5 Å². The van der Waals surface area contributed by atoms with Crippen LogP contribution in [0, 0.1) is 0 Å². The first kappa shape index (κ1) is 12.0. The molecule has 0 radical (unpaired) electrons. The summed E-state index contributed by atoms with van der Waals surface area (Å²) in [6.07, 6.45) is 0.153. The number of aromatic hydroxyl groups is 1. The fourth-order valence-electron chi connectivity index (χ4n) is 1.70. The van der Waals surface area contributed by atoms with Crippen molar-refractivity contribution in [2.45, 2.75) is 24.5 Å². The average molecular weight is 256 g/mol. The van der Waals surface area contributed by atoms with Gasteiger partial charge in [0.15, 0.2) is 5.16 Å². The first-order valence-corrected chi connectivity index (χ1v) is 6.21. The molecule has 1 aromatic rings. The average Bonchev–Trinajstić information content (AvgIpc) is 2.61. The fourth-order valence-corrected chi connectivity index (χ4v) is 2.85. The zero-order valence-corrected chi connectivity index (χ0v) is 10.1. The lowest BCUT2D eigenvalue weighted by Gasteiger charge is -2.11. The molecule has 0 aromatic carbocycles. The summed E-state index contributed by atoms with van der Waals surface area (Å²) < 4.78 is 6.28. The van der Waals surface area contributed by atoms with E-state index in [-0.39, 0.29) is 29.9 Å². The summed E-state index contributed by atoms with van der Waals surface area (Å²) in [6, 6.07) is 0.808. The van der Waals surface area contributed by atoms with Gasteiger partial charge in [0, 0.05) is 5.75 Å². The standard InChI is InChI=1S/C10H12N2O4S/c1-2-16-9(15)3-6-5-17-10-11-7(13)4-8(14)12(6)10/h4,6,13H,2-3,5H2,1H3. The second kappa shape index (κ2) is 4.79. The van der Waals surface area contributed by atoms with E-state index < -0.39 is 0 Å². The van der Waals surface area contributed by atoms with Crippen LogP contribution >= 0.6 is 11.8 Å². The lowest BCUT2D eigenvalue weighted by Crippen LogP contribution is -2.25. The Morgan fingerprint density at radius 2 is 2.53 bits per heavy atom. The third-order valence-corrected chi connectivity index (χ3v) is 3.48. The molecule has 1 aromatic heterocycles. The molecule has 0 saturated heterocycles. The highest BCUT2D eigenvalue weighted by Crippen LogP contribution is 2.32. The van der Waals surface area contributed by atoms with Crippen LogP contribution in [0.5, 0.6) is 5.88 Å². The molecular formula is C10H12N2O4S. The van der Waals surface area contributed by atoms with Gasteiger partial charge < -0.3 is 9.84 Å². The number of hydrogen-bond donors (Lipinski definition) is 1. The Kier molecular flexibility index (Phi) is 3.37. The zero-order chi connectivity index (χ0) is 12.4. The summed E-state index contributed by atoms with van der Waals surface area (Å²) in [4.78, 5) is 26.9. The zero-order valence-electron chi connectivity index (χ0n) is 9.25. The van der Waals surface area contributed by atoms with Crippen molar-refractivity contribution in [3.05, 3.63) is 16.4 Å². The number of esters is 1. The molecule has 1 unspecified atom stereocenters. The topological polar surface area (TPSA) is 81.4 Å².